The lowest BCUT2D eigenvalue weighted by Gasteiger charge is -2.29. The maximum absolute atomic E-state index is 13.9. The van der Waals surface area contributed by atoms with Gasteiger partial charge < -0.3 is 14.8 Å². The molecule has 1 N–H and O–H groups in total. The topological polar surface area (TPSA) is 85.7 Å². The van der Waals surface area contributed by atoms with Crippen molar-refractivity contribution in [1.82, 2.24) is 9.78 Å². The quantitative estimate of drug-likeness (QED) is 0.288. The number of aromatic nitrogens is 2. The molecule has 9 heteroatoms. The van der Waals surface area contributed by atoms with Crippen molar-refractivity contribution in [3.05, 3.63) is 90.0 Å². The van der Waals surface area contributed by atoms with E-state index in [0.717, 1.165) is 22.4 Å². The van der Waals surface area contributed by atoms with Crippen molar-refractivity contribution in [2.24, 2.45) is 0 Å². The Kier molecular flexibility index (Phi) is 8.08. The van der Waals surface area contributed by atoms with Gasteiger partial charge in [-0.1, -0.05) is 48.5 Å². The van der Waals surface area contributed by atoms with Crippen molar-refractivity contribution in [3.8, 4) is 22.8 Å². The molecule has 0 aliphatic carbocycles. The maximum Gasteiger partial charge on any atom is 0.244 e. The van der Waals surface area contributed by atoms with E-state index in [9.17, 15) is 9.59 Å². The van der Waals surface area contributed by atoms with E-state index in [-0.39, 0.29) is 29.4 Å². The molecule has 5 rings (SSSR count). The predicted octanol–water partition coefficient (Wildman–Crippen LogP) is 6.13. The van der Waals surface area contributed by atoms with Crippen LogP contribution in [0.5, 0.6) is 11.5 Å². The van der Waals surface area contributed by atoms with Crippen LogP contribution in [-0.4, -0.2) is 48.1 Å². The van der Waals surface area contributed by atoms with E-state index < -0.39 is 5.54 Å². The van der Waals surface area contributed by atoms with E-state index in [1.165, 1.54) is 11.8 Å². The summed E-state index contributed by atoms with van der Waals surface area (Å²) in [6.45, 7) is 5.97. The number of thioether (sulfide) groups is 1. The lowest BCUT2D eigenvalue weighted by Crippen LogP contribution is -2.41. The van der Waals surface area contributed by atoms with Gasteiger partial charge in [-0.2, -0.15) is 5.10 Å². The molecule has 2 heterocycles. The number of benzene rings is 3. The maximum atomic E-state index is 13.9. The summed E-state index contributed by atoms with van der Waals surface area (Å²) in [7, 11) is 3.26. The molecule has 2 amide bonds. The van der Waals surface area contributed by atoms with Crippen LogP contribution in [0.1, 0.15) is 37.1 Å². The molecular formula is C32H34N4O4S. The van der Waals surface area contributed by atoms with Gasteiger partial charge in [0.15, 0.2) is 0 Å². The molecule has 1 unspecified atom stereocenters. The van der Waals surface area contributed by atoms with Crippen LogP contribution >= 0.6 is 11.8 Å². The average Bonchev–Trinajstić information content (AvgIpc) is 3.31. The van der Waals surface area contributed by atoms with Gasteiger partial charge in [0.05, 0.1) is 36.5 Å². The fraction of sp³-hybridized carbons (Fsp3) is 0.281. The first kappa shape index (κ1) is 28.3. The highest BCUT2D eigenvalue weighted by atomic mass is 32.2. The Labute approximate surface area is 244 Å². The molecule has 1 aliphatic heterocycles. The highest BCUT2D eigenvalue weighted by Gasteiger charge is 2.40. The van der Waals surface area contributed by atoms with Gasteiger partial charge in [-0.15, -0.1) is 11.8 Å². The van der Waals surface area contributed by atoms with Crippen molar-refractivity contribution in [2.45, 2.75) is 31.6 Å². The Bertz CT molecular complexity index is 1550. The SMILES string of the molecule is COc1ccc(OC)c(C2SCC(=O)N(CC(=O)Nc3ccccc3)c3c2c(-c2ccccc2)nn3C(C)(C)C)c1. The number of rotatable bonds is 7. The highest BCUT2D eigenvalue weighted by molar-refractivity contribution is 8.00. The largest absolute Gasteiger partial charge is 0.497 e. The third-order valence-electron chi connectivity index (χ3n) is 6.85. The summed E-state index contributed by atoms with van der Waals surface area (Å²) >= 11 is 1.49. The lowest BCUT2D eigenvalue weighted by atomic mass is 9.98. The zero-order valence-corrected chi connectivity index (χ0v) is 24.7. The second-order valence-electron chi connectivity index (χ2n) is 10.7. The Morgan fingerprint density at radius 1 is 1.00 bits per heavy atom. The van der Waals surface area contributed by atoms with Gasteiger partial charge in [-0.3, -0.25) is 14.5 Å². The smallest absolute Gasteiger partial charge is 0.244 e. The molecule has 41 heavy (non-hydrogen) atoms. The van der Waals surface area contributed by atoms with Crippen LogP contribution in [0, 0.1) is 0 Å². The Hall–Kier alpha value is -4.24. The number of hydrogen-bond acceptors (Lipinski definition) is 6. The van der Waals surface area contributed by atoms with Crippen molar-refractivity contribution in [2.75, 3.05) is 36.7 Å². The van der Waals surface area contributed by atoms with Gasteiger partial charge in [-0.25, -0.2) is 4.68 Å². The van der Waals surface area contributed by atoms with Crippen LogP contribution in [-0.2, 0) is 15.1 Å². The minimum atomic E-state index is -0.496. The van der Waals surface area contributed by atoms with Crippen LogP contribution < -0.4 is 19.7 Å². The van der Waals surface area contributed by atoms with Crippen LogP contribution in [0.2, 0.25) is 0 Å². The summed E-state index contributed by atoms with van der Waals surface area (Å²) in [6, 6.07) is 24.9. The number of ether oxygens (including phenoxy) is 2. The van der Waals surface area contributed by atoms with Gasteiger partial charge in [0, 0.05) is 22.4 Å². The van der Waals surface area contributed by atoms with Gasteiger partial charge in [0.2, 0.25) is 11.8 Å². The number of fused-ring (bicyclic) bond motifs is 1. The number of amides is 2. The van der Waals surface area contributed by atoms with Gasteiger partial charge in [0.1, 0.15) is 23.9 Å². The van der Waals surface area contributed by atoms with Crippen molar-refractivity contribution >= 4 is 35.1 Å². The van der Waals surface area contributed by atoms with E-state index in [2.05, 4.69) is 5.32 Å². The Morgan fingerprint density at radius 3 is 2.32 bits per heavy atom. The van der Waals surface area contributed by atoms with Gasteiger partial charge in [0.25, 0.3) is 0 Å². The van der Waals surface area contributed by atoms with Crippen molar-refractivity contribution in [1.29, 1.82) is 0 Å². The molecule has 1 atom stereocenters. The molecule has 4 aromatic rings. The zero-order chi connectivity index (χ0) is 29.1. The molecule has 1 aliphatic rings. The molecule has 0 saturated carbocycles. The lowest BCUT2D eigenvalue weighted by molar-refractivity contribution is -0.120. The first-order valence-electron chi connectivity index (χ1n) is 13.4. The predicted molar refractivity (Wildman–Crippen MR) is 164 cm³/mol. The molecule has 0 saturated heterocycles. The summed E-state index contributed by atoms with van der Waals surface area (Å²) in [5.74, 6) is 1.66. The third kappa shape index (κ3) is 5.81. The molecule has 0 spiro atoms. The fourth-order valence-electron chi connectivity index (χ4n) is 4.95. The zero-order valence-electron chi connectivity index (χ0n) is 23.9. The number of hydrogen-bond donors (Lipinski definition) is 1. The van der Waals surface area contributed by atoms with Crippen LogP contribution in [0.25, 0.3) is 11.3 Å². The molecule has 0 radical (unpaired) electrons. The fourth-order valence-corrected chi connectivity index (χ4v) is 6.16. The number of methoxy groups -OCH3 is 2. The van der Waals surface area contributed by atoms with E-state index in [4.69, 9.17) is 14.6 Å². The molecule has 3 aromatic carbocycles. The van der Waals surface area contributed by atoms with E-state index in [1.807, 2.05) is 104 Å². The summed E-state index contributed by atoms with van der Waals surface area (Å²) in [5.41, 5.74) is 3.56. The van der Waals surface area contributed by atoms with E-state index >= 15 is 0 Å². The molecular weight excluding hydrogens is 536 g/mol. The third-order valence-corrected chi connectivity index (χ3v) is 8.09. The highest BCUT2D eigenvalue weighted by Crippen LogP contribution is 2.51. The number of carbonyl (C=O) groups excluding carboxylic acids is 2. The second kappa shape index (κ2) is 11.7. The summed E-state index contributed by atoms with van der Waals surface area (Å²) < 4.78 is 13.3. The minimum Gasteiger partial charge on any atom is -0.497 e. The number of nitrogens with zero attached hydrogens (tertiary/aromatic N) is 3. The van der Waals surface area contributed by atoms with Crippen LogP contribution in [0.3, 0.4) is 0 Å². The first-order chi connectivity index (χ1) is 19.7. The monoisotopic (exact) mass is 570 g/mol. The Balaban J connectivity index is 1.74. The number of nitrogens with one attached hydrogen (secondary N) is 1. The summed E-state index contributed by atoms with van der Waals surface area (Å²) in [4.78, 5) is 28.8. The average molecular weight is 571 g/mol. The summed E-state index contributed by atoms with van der Waals surface area (Å²) in [6.07, 6.45) is 0. The molecule has 1 aromatic heterocycles. The van der Waals surface area contributed by atoms with Crippen molar-refractivity contribution in [3.63, 3.8) is 0 Å². The molecule has 0 bridgehead atoms. The molecule has 0 fully saturated rings. The first-order valence-corrected chi connectivity index (χ1v) is 14.4. The van der Waals surface area contributed by atoms with E-state index in [0.29, 0.717) is 23.0 Å². The normalized spacial score (nSPS) is 15.2. The second-order valence-corrected chi connectivity index (χ2v) is 11.8. The van der Waals surface area contributed by atoms with Crippen LogP contribution in [0.4, 0.5) is 11.5 Å². The van der Waals surface area contributed by atoms with Crippen LogP contribution in [0.15, 0.2) is 78.9 Å². The number of carbonyl (C=O) groups is 2. The van der Waals surface area contributed by atoms with Crippen molar-refractivity contribution < 1.29 is 19.1 Å². The van der Waals surface area contributed by atoms with Gasteiger partial charge >= 0.3 is 0 Å². The number of para-hydroxylation sites is 1. The van der Waals surface area contributed by atoms with E-state index in [1.54, 1.807) is 19.1 Å². The standard InChI is InChI=1S/C32H34N4O4S/c1-32(2,3)36-31-28(29(34-36)21-12-8-6-9-13-21)30(24-18-23(39-4)16-17-25(24)40-5)41-20-27(38)35(31)19-26(37)33-22-14-10-7-11-15-22/h6-18,30H,19-20H2,1-5H3,(H,33,37). The number of anilines is 2. The van der Waals surface area contributed by atoms with Gasteiger partial charge in [-0.05, 0) is 51.1 Å². The minimum absolute atomic E-state index is 0.154. The Morgan fingerprint density at radius 2 is 1.68 bits per heavy atom. The molecule has 212 valence electrons. The molecule has 8 nitrogen and oxygen atoms in total. The summed E-state index contributed by atoms with van der Waals surface area (Å²) in [5, 5.41) is 7.73.